The summed E-state index contributed by atoms with van der Waals surface area (Å²) in [5.41, 5.74) is 7.66. The first kappa shape index (κ1) is 15.4. The lowest BCUT2D eigenvalue weighted by atomic mass is 10.2. The number of nitrogens with two attached hydrogens (primary N) is 1. The predicted molar refractivity (Wildman–Crippen MR) is 83.8 cm³/mol. The average molecular weight is 315 g/mol. The zero-order valence-electron chi connectivity index (χ0n) is 11.6. The van der Waals surface area contributed by atoms with Crippen LogP contribution in [-0.4, -0.2) is 24.0 Å². The van der Waals surface area contributed by atoms with Crippen LogP contribution in [0.5, 0.6) is 0 Å². The molecular weight excluding hydrogens is 296 g/mol. The van der Waals surface area contributed by atoms with Gasteiger partial charge >= 0.3 is 0 Å². The summed E-state index contributed by atoms with van der Waals surface area (Å²) in [6.07, 6.45) is 1.91. The van der Waals surface area contributed by atoms with Gasteiger partial charge in [0.15, 0.2) is 9.84 Å². The quantitative estimate of drug-likeness (QED) is 0.922. The monoisotopic (exact) mass is 314 g/mol. The highest BCUT2D eigenvalue weighted by Gasteiger charge is 2.17. The molecule has 4 nitrogen and oxygen atoms in total. The van der Waals surface area contributed by atoms with Gasteiger partial charge in [0.1, 0.15) is 0 Å². The Hall–Kier alpha value is -1.04. The number of aryl methyl sites for hydroxylation is 1. The van der Waals surface area contributed by atoms with Gasteiger partial charge in [-0.2, -0.15) is 0 Å². The van der Waals surface area contributed by atoms with Gasteiger partial charge in [0.05, 0.1) is 11.0 Å². The first-order chi connectivity index (χ1) is 9.35. The van der Waals surface area contributed by atoms with E-state index in [9.17, 15) is 8.42 Å². The maximum absolute atomic E-state index is 11.9. The molecule has 0 aliphatic carbocycles. The Kier molecular flexibility index (Phi) is 4.42. The number of benzene rings is 1. The number of hydrogen-bond donors (Lipinski definition) is 1. The number of halogens is 1. The topological polar surface area (TPSA) is 65.1 Å². The van der Waals surface area contributed by atoms with Crippen molar-refractivity contribution in [1.82, 2.24) is 4.57 Å². The zero-order valence-corrected chi connectivity index (χ0v) is 13.2. The minimum atomic E-state index is -3.06. The van der Waals surface area contributed by atoms with Crippen LogP contribution in [-0.2, 0) is 22.9 Å². The van der Waals surface area contributed by atoms with Crippen molar-refractivity contribution in [3.63, 3.8) is 0 Å². The summed E-state index contributed by atoms with van der Waals surface area (Å²) in [6, 6.07) is 5.59. The highest BCUT2D eigenvalue weighted by atomic mass is 35.5. The molecular formula is C14H19ClN2O2S. The van der Waals surface area contributed by atoms with Gasteiger partial charge in [-0.3, -0.25) is 0 Å². The van der Waals surface area contributed by atoms with E-state index in [4.69, 9.17) is 17.3 Å². The Morgan fingerprint density at radius 1 is 1.35 bits per heavy atom. The molecule has 1 heterocycles. The van der Waals surface area contributed by atoms with Crippen LogP contribution in [0.2, 0.25) is 5.02 Å². The molecule has 20 heavy (non-hydrogen) atoms. The van der Waals surface area contributed by atoms with Gasteiger partial charge in [-0.1, -0.05) is 17.7 Å². The standard InChI is InChI=1S/C14H19ClN2O2S/c1-10(2)20(18,19)6-5-17-9-11(8-16)13-4-3-12(15)7-14(13)17/h3-4,7,9-10H,5-6,8,16H2,1-2H3. The molecule has 6 heteroatoms. The van der Waals surface area contributed by atoms with Crippen molar-refractivity contribution in [2.45, 2.75) is 32.2 Å². The van der Waals surface area contributed by atoms with E-state index in [2.05, 4.69) is 0 Å². The Labute approximate surface area is 124 Å². The molecule has 110 valence electrons. The summed E-state index contributed by atoms with van der Waals surface area (Å²) in [5.74, 6) is 0.116. The molecule has 0 unspecified atom stereocenters. The van der Waals surface area contributed by atoms with Crippen LogP contribution in [0.25, 0.3) is 10.9 Å². The highest BCUT2D eigenvalue weighted by Crippen LogP contribution is 2.24. The van der Waals surface area contributed by atoms with Gasteiger partial charge in [-0.25, -0.2) is 8.42 Å². The third kappa shape index (κ3) is 3.00. The van der Waals surface area contributed by atoms with E-state index < -0.39 is 9.84 Å². The van der Waals surface area contributed by atoms with Gasteiger partial charge < -0.3 is 10.3 Å². The number of sulfone groups is 1. The van der Waals surface area contributed by atoms with Crippen LogP contribution >= 0.6 is 11.6 Å². The Morgan fingerprint density at radius 2 is 2.05 bits per heavy atom. The summed E-state index contributed by atoms with van der Waals surface area (Å²) in [7, 11) is -3.06. The van der Waals surface area contributed by atoms with E-state index in [0.29, 0.717) is 18.1 Å². The van der Waals surface area contributed by atoms with Crippen molar-refractivity contribution >= 4 is 32.3 Å². The van der Waals surface area contributed by atoms with Gasteiger partial charge in [-0.15, -0.1) is 0 Å². The van der Waals surface area contributed by atoms with Gasteiger partial charge in [0.25, 0.3) is 0 Å². The summed E-state index contributed by atoms with van der Waals surface area (Å²) in [6.45, 7) is 4.23. The number of aromatic nitrogens is 1. The third-order valence-electron chi connectivity index (χ3n) is 3.48. The van der Waals surface area contributed by atoms with Crippen LogP contribution in [0.4, 0.5) is 0 Å². The molecule has 1 aromatic heterocycles. The fraction of sp³-hybridized carbons (Fsp3) is 0.429. The van der Waals surface area contributed by atoms with Crippen molar-refractivity contribution < 1.29 is 8.42 Å². The lowest BCUT2D eigenvalue weighted by molar-refractivity contribution is 0.581. The van der Waals surface area contributed by atoms with Gasteiger partial charge in [-0.05, 0) is 31.5 Å². The number of hydrogen-bond acceptors (Lipinski definition) is 3. The highest BCUT2D eigenvalue weighted by molar-refractivity contribution is 7.91. The number of rotatable bonds is 5. The third-order valence-corrected chi connectivity index (χ3v) is 5.90. The van der Waals surface area contributed by atoms with Gasteiger partial charge in [0.2, 0.25) is 0 Å². The molecule has 0 atom stereocenters. The molecule has 2 rings (SSSR count). The van der Waals surface area contributed by atoms with Gasteiger partial charge in [0, 0.05) is 35.2 Å². The fourth-order valence-corrected chi connectivity index (χ4v) is 3.24. The molecule has 2 aromatic rings. The van der Waals surface area contributed by atoms with E-state index in [1.807, 2.05) is 29.0 Å². The first-order valence-electron chi connectivity index (χ1n) is 6.54. The molecule has 0 bridgehead atoms. The second-order valence-corrected chi connectivity index (χ2v) is 8.24. The fourth-order valence-electron chi connectivity index (χ4n) is 2.15. The van der Waals surface area contributed by atoms with Crippen molar-refractivity contribution in [2.75, 3.05) is 5.75 Å². The van der Waals surface area contributed by atoms with Crippen molar-refractivity contribution in [3.8, 4) is 0 Å². The molecule has 0 spiro atoms. The number of nitrogens with zero attached hydrogens (tertiary/aromatic N) is 1. The summed E-state index contributed by atoms with van der Waals surface area (Å²) < 4.78 is 25.8. The van der Waals surface area contributed by atoms with Crippen LogP contribution < -0.4 is 5.73 Å². The van der Waals surface area contributed by atoms with E-state index in [0.717, 1.165) is 16.5 Å². The second-order valence-electron chi connectivity index (χ2n) is 5.13. The molecule has 2 N–H and O–H groups in total. The molecule has 0 saturated carbocycles. The molecule has 0 saturated heterocycles. The maximum Gasteiger partial charge on any atom is 0.154 e. The average Bonchev–Trinajstić information content (AvgIpc) is 2.73. The van der Waals surface area contributed by atoms with Crippen LogP contribution in [0, 0.1) is 0 Å². The largest absolute Gasteiger partial charge is 0.346 e. The normalized spacial score (nSPS) is 12.4. The Balaban J connectivity index is 2.37. The maximum atomic E-state index is 11.9. The number of fused-ring (bicyclic) bond motifs is 1. The van der Waals surface area contributed by atoms with Crippen molar-refractivity contribution in [3.05, 3.63) is 35.0 Å². The lowest BCUT2D eigenvalue weighted by Crippen LogP contribution is -2.20. The molecule has 1 aromatic carbocycles. The van der Waals surface area contributed by atoms with E-state index in [-0.39, 0.29) is 11.0 Å². The minimum Gasteiger partial charge on any atom is -0.346 e. The van der Waals surface area contributed by atoms with Crippen LogP contribution in [0.15, 0.2) is 24.4 Å². The Bertz CT molecular complexity index is 720. The van der Waals surface area contributed by atoms with Crippen molar-refractivity contribution in [2.24, 2.45) is 5.73 Å². The second kappa shape index (κ2) is 5.76. The summed E-state index contributed by atoms with van der Waals surface area (Å²) in [5, 5.41) is 1.30. The SMILES string of the molecule is CC(C)S(=O)(=O)CCn1cc(CN)c2ccc(Cl)cc21. The lowest BCUT2D eigenvalue weighted by Gasteiger charge is -2.09. The predicted octanol–water partition coefficient (Wildman–Crippen LogP) is 2.58. The van der Waals surface area contributed by atoms with Crippen LogP contribution in [0.1, 0.15) is 19.4 Å². The summed E-state index contributed by atoms with van der Waals surface area (Å²) >= 11 is 6.02. The smallest absolute Gasteiger partial charge is 0.154 e. The molecule has 0 aliphatic rings. The Morgan fingerprint density at radius 3 is 2.65 bits per heavy atom. The molecule has 0 radical (unpaired) electrons. The van der Waals surface area contributed by atoms with E-state index in [1.165, 1.54) is 0 Å². The summed E-state index contributed by atoms with van der Waals surface area (Å²) in [4.78, 5) is 0. The molecule has 0 fully saturated rings. The molecule has 0 aliphatic heterocycles. The van der Waals surface area contributed by atoms with E-state index >= 15 is 0 Å². The first-order valence-corrected chi connectivity index (χ1v) is 8.63. The minimum absolute atomic E-state index is 0.116. The zero-order chi connectivity index (χ0) is 14.9. The van der Waals surface area contributed by atoms with Crippen molar-refractivity contribution in [1.29, 1.82) is 0 Å². The molecule has 0 amide bonds. The van der Waals surface area contributed by atoms with E-state index in [1.54, 1.807) is 13.8 Å². The van der Waals surface area contributed by atoms with Crippen LogP contribution in [0.3, 0.4) is 0 Å².